The van der Waals surface area contributed by atoms with Gasteiger partial charge in [0.1, 0.15) is 6.07 Å². The van der Waals surface area contributed by atoms with Gasteiger partial charge in [-0.1, -0.05) is 19.1 Å². The highest BCUT2D eigenvalue weighted by Crippen LogP contribution is 2.24. The van der Waals surface area contributed by atoms with Gasteiger partial charge in [-0.05, 0) is 62.1 Å². The monoisotopic (exact) mass is 455 g/mol. The maximum absolute atomic E-state index is 12.8. The van der Waals surface area contributed by atoms with Gasteiger partial charge in [-0.15, -0.1) is 0 Å². The molecule has 0 radical (unpaired) electrons. The number of benzene rings is 2. The van der Waals surface area contributed by atoms with E-state index in [-0.39, 0.29) is 10.5 Å². The first kappa shape index (κ1) is 23.4. The summed E-state index contributed by atoms with van der Waals surface area (Å²) in [4.78, 5) is 24.9. The summed E-state index contributed by atoms with van der Waals surface area (Å²) >= 11 is 0. The molecule has 9 heteroatoms. The molecule has 1 saturated heterocycles. The molecule has 1 atom stereocenters. The fourth-order valence-electron chi connectivity index (χ4n) is 3.34. The van der Waals surface area contributed by atoms with Crippen LogP contribution in [0.2, 0.25) is 0 Å². The van der Waals surface area contributed by atoms with Crippen LogP contribution in [0.3, 0.4) is 0 Å². The summed E-state index contributed by atoms with van der Waals surface area (Å²) in [6.07, 6.45) is 0.526. The predicted molar refractivity (Wildman–Crippen MR) is 118 cm³/mol. The number of piperidine rings is 1. The second kappa shape index (κ2) is 9.94. The van der Waals surface area contributed by atoms with Crippen LogP contribution in [0.5, 0.6) is 0 Å². The second-order valence-corrected chi connectivity index (χ2v) is 9.74. The van der Waals surface area contributed by atoms with Crippen LogP contribution in [0.4, 0.5) is 5.69 Å². The van der Waals surface area contributed by atoms with Crippen molar-refractivity contribution in [2.75, 3.05) is 18.4 Å². The first-order valence-corrected chi connectivity index (χ1v) is 11.8. The fraction of sp³-hybridized carbons (Fsp3) is 0.348. The zero-order chi connectivity index (χ0) is 23.3. The van der Waals surface area contributed by atoms with Gasteiger partial charge in [0, 0.05) is 13.1 Å². The molecule has 0 aromatic heterocycles. The normalized spacial score (nSPS) is 16.0. The topological polar surface area (TPSA) is 117 Å². The third kappa shape index (κ3) is 5.33. The Balaban J connectivity index is 1.63. The number of amides is 1. The Labute approximate surface area is 187 Å². The lowest BCUT2D eigenvalue weighted by Crippen LogP contribution is -2.37. The summed E-state index contributed by atoms with van der Waals surface area (Å²) in [6.45, 7) is 4.48. The molecule has 8 nitrogen and oxygen atoms in total. The number of para-hydroxylation sites is 1. The van der Waals surface area contributed by atoms with Crippen LogP contribution < -0.4 is 5.32 Å². The molecule has 32 heavy (non-hydrogen) atoms. The molecule has 1 unspecified atom stereocenters. The maximum Gasteiger partial charge on any atom is 0.338 e. The molecule has 1 N–H and O–H groups in total. The van der Waals surface area contributed by atoms with E-state index in [0.717, 1.165) is 12.8 Å². The molecule has 1 aliphatic rings. The van der Waals surface area contributed by atoms with Crippen molar-refractivity contribution in [3.8, 4) is 6.07 Å². The molecule has 0 bridgehead atoms. The standard InChI is InChI=1S/C23H25N3O5S/c1-16-11-13-26(14-12-16)32(29,30)20-9-7-18(8-10-20)23(28)31-17(2)22(27)25-21-6-4-3-5-19(21)15-24/h3-10,16-17H,11-14H2,1-2H3,(H,25,27). The van der Waals surface area contributed by atoms with Crippen LogP contribution in [0.15, 0.2) is 53.4 Å². The molecule has 3 rings (SSSR count). The van der Waals surface area contributed by atoms with Crippen molar-refractivity contribution < 1.29 is 22.7 Å². The molecule has 2 aromatic rings. The maximum atomic E-state index is 12.8. The number of carbonyl (C=O) groups excluding carboxylic acids is 2. The minimum absolute atomic E-state index is 0.113. The SMILES string of the molecule is CC1CCN(S(=O)(=O)c2ccc(C(=O)OC(C)C(=O)Nc3ccccc3C#N)cc2)CC1. The van der Waals surface area contributed by atoms with Gasteiger partial charge in [0.25, 0.3) is 5.91 Å². The third-order valence-corrected chi connectivity index (χ3v) is 7.34. The molecular formula is C23H25N3O5S. The van der Waals surface area contributed by atoms with Crippen LogP contribution in [0.25, 0.3) is 0 Å². The van der Waals surface area contributed by atoms with Crippen molar-refractivity contribution in [2.45, 2.75) is 37.7 Å². The average Bonchev–Trinajstić information content (AvgIpc) is 2.79. The van der Waals surface area contributed by atoms with Gasteiger partial charge in [-0.3, -0.25) is 4.79 Å². The number of sulfonamides is 1. The van der Waals surface area contributed by atoms with Crippen molar-refractivity contribution in [1.29, 1.82) is 5.26 Å². The van der Waals surface area contributed by atoms with E-state index >= 15 is 0 Å². The van der Waals surface area contributed by atoms with Crippen molar-refractivity contribution >= 4 is 27.6 Å². The van der Waals surface area contributed by atoms with Crippen molar-refractivity contribution in [3.63, 3.8) is 0 Å². The number of nitrogens with zero attached hydrogens (tertiary/aromatic N) is 2. The van der Waals surface area contributed by atoms with E-state index in [2.05, 4.69) is 12.2 Å². The Bertz CT molecular complexity index is 1130. The molecule has 1 aliphatic heterocycles. The molecule has 0 saturated carbocycles. The Kier molecular flexibility index (Phi) is 7.28. The number of anilines is 1. The number of carbonyl (C=O) groups is 2. The average molecular weight is 456 g/mol. The van der Waals surface area contributed by atoms with Crippen molar-refractivity contribution in [1.82, 2.24) is 4.31 Å². The first-order valence-electron chi connectivity index (χ1n) is 10.3. The van der Waals surface area contributed by atoms with Gasteiger partial charge in [-0.25, -0.2) is 13.2 Å². The quantitative estimate of drug-likeness (QED) is 0.669. The van der Waals surface area contributed by atoms with Gasteiger partial charge in [-0.2, -0.15) is 9.57 Å². The lowest BCUT2D eigenvalue weighted by molar-refractivity contribution is -0.123. The molecule has 1 amide bonds. The summed E-state index contributed by atoms with van der Waals surface area (Å²) < 4.78 is 32.3. The van der Waals surface area contributed by atoms with Gasteiger partial charge in [0.15, 0.2) is 6.10 Å². The lowest BCUT2D eigenvalue weighted by atomic mass is 10.0. The lowest BCUT2D eigenvalue weighted by Gasteiger charge is -2.29. The van der Waals surface area contributed by atoms with Gasteiger partial charge in [0.05, 0.1) is 21.7 Å². The first-order chi connectivity index (χ1) is 15.2. The van der Waals surface area contributed by atoms with E-state index in [9.17, 15) is 18.0 Å². The van der Waals surface area contributed by atoms with Crippen LogP contribution in [0.1, 0.15) is 42.6 Å². The highest BCUT2D eigenvalue weighted by atomic mass is 32.2. The number of hydrogen-bond donors (Lipinski definition) is 1. The zero-order valence-electron chi connectivity index (χ0n) is 17.9. The predicted octanol–water partition coefficient (Wildman–Crippen LogP) is 3.16. The van der Waals surface area contributed by atoms with Gasteiger partial charge in [0.2, 0.25) is 10.0 Å². The highest BCUT2D eigenvalue weighted by molar-refractivity contribution is 7.89. The number of nitrogens with one attached hydrogen (secondary N) is 1. The number of nitriles is 1. The molecule has 1 fully saturated rings. The zero-order valence-corrected chi connectivity index (χ0v) is 18.8. The Hall–Kier alpha value is -3.22. The largest absolute Gasteiger partial charge is 0.449 e. The van der Waals surface area contributed by atoms with Crippen LogP contribution >= 0.6 is 0 Å². The Morgan fingerprint density at radius 2 is 1.75 bits per heavy atom. The molecule has 2 aromatic carbocycles. The van der Waals surface area contributed by atoms with E-state index in [1.807, 2.05) is 6.07 Å². The molecule has 0 aliphatic carbocycles. The molecule has 168 valence electrons. The molecular weight excluding hydrogens is 430 g/mol. The van der Waals surface area contributed by atoms with E-state index in [1.54, 1.807) is 24.3 Å². The van der Waals surface area contributed by atoms with Crippen LogP contribution in [-0.4, -0.2) is 43.8 Å². The summed E-state index contributed by atoms with van der Waals surface area (Å²) in [6, 6.07) is 14.0. The van der Waals surface area contributed by atoms with Crippen LogP contribution in [0, 0.1) is 17.2 Å². The summed E-state index contributed by atoms with van der Waals surface area (Å²) in [5.41, 5.74) is 0.747. The van der Waals surface area contributed by atoms with Gasteiger partial charge < -0.3 is 10.1 Å². The summed E-state index contributed by atoms with van der Waals surface area (Å²) in [5, 5.41) is 11.7. The van der Waals surface area contributed by atoms with Crippen molar-refractivity contribution in [2.24, 2.45) is 5.92 Å². The van der Waals surface area contributed by atoms with Gasteiger partial charge >= 0.3 is 5.97 Å². The van der Waals surface area contributed by atoms with E-state index in [1.165, 1.54) is 35.5 Å². The smallest absolute Gasteiger partial charge is 0.338 e. The number of esters is 1. The Morgan fingerprint density at radius 1 is 1.12 bits per heavy atom. The van der Waals surface area contributed by atoms with Crippen molar-refractivity contribution in [3.05, 3.63) is 59.7 Å². The highest BCUT2D eigenvalue weighted by Gasteiger charge is 2.28. The summed E-state index contributed by atoms with van der Waals surface area (Å²) in [5.74, 6) is -0.831. The van der Waals surface area contributed by atoms with E-state index in [0.29, 0.717) is 30.3 Å². The third-order valence-electron chi connectivity index (χ3n) is 5.43. The number of hydrogen-bond acceptors (Lipinski definition) is 6. The fourth-order valence-corrected chi connectivity index (χ4v) is 4.81. The molecule has 0 spiro atoms. The van der Waals surface area contributed by atoms with E-state index < -0.39 is 28.0 Å². The Morgan fingerprint density at radius 3 is 2.38 bits per heavy atom. The summed E-state index contributed by atoms with van der Waals surface area (Å²) in [7, 11) is -3.61. The second-order valence-electron chi connectivity index (χ2n) is 7.81. The van der Waals surface area contributed by atoms with E-state index in [4.69, 9.17) is 10.00 Å². The number of rotatable bonds is 6. The minimum atomic E-state index is -3.61. The minimum Gasteiger partial charge on any atom is -0.449 e. The van der Waals surface area contributed by atoms with Crippen LogP contribution in [-0.2, 0) is 19.6 Å². The molecule has 1 heterocycles. The number of ether oxygens (including phenoxy) is 1.